The first kappa shape index (κ1) is 12.8. The van der Waals surface area contributed by atoms with Gasteiger partial charge in [0.05, 0.1) is 11.9 Å². The van der Waals surface area contributed by atoms with Gasteiger partial charge in [0.1, 0.15) is 12.4 Å². The van der Waals surface area contributed by atoms with Crippen LogP contribution in [0.3, 0.4) is 0 Å². The summed E-state index contributed by atoms with van der Waals surface area (Å²) in [4.78, 5) is 14.4. The number of hydrogen-bond acceptors (Lipinski definition) is 3. The molecule has 19 heavy (non-hydrogen) atoms. The number of pyridine rings is 1. The van der Waals surface area contributed by atoms with Crippen LogP contribution < -0.4 is 4.74 Å². The normalized spacial score (nSPS) is 10.5. The molecule has 1 aromatic carbocycles. The van der Waals surface area contributed by atoms with Gasteiger partial charge in [-0.1, -0.05) is 30.3 Å². The van der Waals surface area contributed by atoms with E-state index in [1.54, 1.807) is 18.3 Å². The molecule has 1 N–H and O–H groups in total. The number of carboxylic acids is 1. The third kappa shape index (κ3) is 4.27. The van der Waals surface area contributed by atoms with Gasteiger partial charge in [-0.2, -0.15) is 0 Å². The van der Waals surface area contributed by atoms with Crippen LogP contribution in [-0.2, 0) is 11.4 Å². The van der Waals surface area contributed by atoms with Gasteiger partial charge in [-0.25, -0.2) is 4.79 Å². The number of nitrogens with zero attached hydrogens (tertiary/aromatic N) is 1. The molecule has 0 saturated heterocycles. The van der Waals surface area contributed by atoms with Crippen LogP contribution in [0.4, 0.5) is 0 Å². The van der Waals surface area contributed by atoms with E-state index >= 15 is 0 Å². The summed E-state index contributed by atoms with van der Waals surface area (Å²) in [6, 6.07) is 13.3. The molecule has 0 amide bonds. The predicted octanol–water partition coefficient (Wildman–Crippen LogP) is 2.76. The summed E-state index contributed by atoms with van der Waals surface area (Å²) in [5.41, 5.74) is 1.66. The van der Waals surface area contributed by atoms with E-state index in [2.05, 4.69) is 4.98 Å². The van der Waals surface area contributed by atoms with Crippen LogP contribution in [0.5, 0.6) is 5.75 Å². The van der Waals surface area contributed by atoms with Crippen molar-refractivity contribution in [2.75, 3.05) is 0 Å². The number of aliphatic carboxylic acids is 1. The number of carboxylic acid groups (broad SMARTS) is 1. The molecule has 2 rings (SSSR count). The maximum Gasteiger partial charge on any atom is 0.328 e. The molecule has 2 aromatic rings. The number of ether oxygens (including phenoxy) is 1. The smallest absolute Gasteiger partial charge is 0.328 e. The molecular formula is C15H13NO3. The van der Waals surface area contributed by atoms with Crippen molar-refractivity contribution < 1.29 is 14.6 Å². The number of rotatable bonds is 5. The first-order valence-electron chi connectivity index (χ1n) is 5.78. The van der Waals surface area contributed by atoms with Gasteiger partial charge in [-0.15, -0.1) is 0 Å². The Morgan fingerprint density at radius 1 is 1.21 bits per heavy atom. The Morgan fingerprint density at radius 2 is 2.00 bits per heavy atom. The van der Waals surface area contributed by atoms with Crippen molar-refractivity contribution in [3.05, 3.63) is 66.0 Å². The van der Waals surface area contributed by atoms with Crippen molar-refractivity contribution in [2.24, 2.45) is 0 Å². The molecule has 1 heterocycles. The fourth-order valence-corrected chi connectivity index (χ4v) is 1.47. The summed E-state index contributed by atoms with van der Waals surface area (Å²) in [5, 5.41) is 8.50. The summed E-state index contributed by atoms with van der Waals surface area (Å²) in [6.45, 7) is 0.479. The van der Waals surface area contributed by atoms with Crippen LogP contribution >= 0.6 is 0 Å². The zero-order chi connectivity index (χ0) is 13.5. The summed E-state index contributed by atoms with van der Waals surface area (Å²) in [7, 11) is 0. The number of benzene rings is 1. The molecule has 0 spiro atoms. The SMILES string of the molecule is O=C(O)C=Cc1ccc(OCc2ccccc2)cn1. The van der Waals surface area contributed by atoms with Gasteiger partial charge < -0.3 is 9.84 Å². The molecule has 0 aliphatic rings. The summed E-state index contributed by atoms with van der Waals surface area (Å²) >= 11 is 0. The number of carbonyl (C=O) groups is 1. The highest BCUT2D eigenvalue weighted by Gasteiger charge is 1.97. The fourth-order valence-electron chi connectivity index (χ4n) is 1.47. The maximum absolute atomic E-state index is 10.4. The van der Waals surface area contributed by atoms with Crippen molar-refractivity contribution in [3.8, 4) is 5.75 Å². The highest BCUT2D eigenvalue weighted by molar-refractivity contribution is 5.84. The van der Waals surface area contributed by atoms with E-state index in [0.29, 0.717) is 18.1 Å². The van der Waals surface area contributed by atoms with Crippen LogP contribution in [-0.4, -0.2) is 16.1 Å². The number of hydrogen-bond donors (Lipinski definition) is 1. The monoisotopic (exact) mass is 255 g/mol. The largest absolute Gasteiger partial charge is 0.487 e. The van der Waals surface area contributed by atoms with Gasteiger partial charge in [0, 0.05) is 6.08 Å². The first-order valence-corrected chi connectivity index (χ1v) is 5.78. The standard InChI is InChI=1S/C15H13NO3/c17-15(18)9-7-13-6-8-14(10-16-13)19-11-12-4-2-1-3-5-12/h1-10H,11H2,(H,17,18). The van der Waals surface area contributed by atoms with Crippen LogP contribution in [0.2, 0.25) is 0 Å². The van der Waals surface area contributed by atoms with Gasteiger partial charge in [0.25, 0.3) is 0 Å². The minimum Gasteiger partial charge on any atom is -0.487 e. The Morgan fingerprint density at radius 3 is 2.63 bits per heavy atom. The maximum atomic E-state index is 10.4. The van der Waals surface area contributed by atoms with Crippen LogP contribution in [0, 0.1) is 0 Å². The molecule has 0 radical (unpaired) electrons. The van der Waals surface area contributed by atoms with E-state index in [9.17, 15) is 4.79 Å². The predicted molar refractivity (Wildman–Crippen MR) is 71.7 cm³/mol. The lowest BCUT2D eigenvalue weighted by Gasteiger charge is -2.05. The third-order valence-electron chi connectivity index (χ3n) is 2.40. The van der Waals surface area contributed by atoms with Crippen molar-refractivity contribution in [1.29, 1.82) is 0 Å². The highest BCUT2D eigenvalue weighted by Crippen LogP contribution is 2.12. The van der Waals surface area contributed by atoms with Gasteiger partial charge in [-0.3, -0.25) is 4.98 Å². The Hall–Kier alpha value is -2.62. The molecule has 1 aromatic heterocycles. The van der Waals surface area contributed by atoms with Crippen molar-refractivity contribution in [2.45, 2.75) is 6.61 Å². The van der Waals surface area contributed by atoms with E-state index in [1.165, 1.54) is 6.08 Å². The fraction of sp³-hybridized carbons (Fsp3) is 0.0667. The summed E-state index contributed by atoms with van der Waals surface area (Å²) < 4.78 is 5.57. The second-order valence-corrected chi connectivity index (χ2v) is 3.86. The molecule has 0 fully saturated rings. The van der Waals surface area contributed by atoms with E-state index in [4.69, 9.17) is 9.84 Å². The summed E-state index contributed by atoms with van der Waals surface area (Å²) in [5.74, 6) is -0.345. The molecule has 0 bridgehead atoms. The minimum atomic E-state index is -0.994. The van der Waals surface area contributed by atoms with E-state index in [0.717, 1.165) is 11.6 Å². The second kappa shape index (κ2) is 6.35. The van der Waals surface area contributed by atoms with Crippen molar-refractivity contribution >= 4 is 12.0 Å². The molecule has 96 valence electrons. The van der Waals surface area contributed by atoms with Gasteiger partial charge in [0.15, 0.2) is 0 Å². The quantitative estimate of drug-likeness (QED) is 0.834. The van der Waals surface area contributed by atoms with Gasteiger partial charge in [-0.05, 0) is 23.8 Å². The van der Waals surface area contributed by atoms with E-state index in [-0.39, 0.29) is 0 Å². The Labute approximate surface area is 111 Å². The van der Waals surface area contributed by atoms with E-state index in [1.807, 2.05) is 30.3 Å². The van der Waals surface area contributed by atoms with E-state index < -0.39 is 5.97 Å². The minimum absolute atomic E-state index is 0.479. The molecule has 0 aliphatic heterocycles. The lowest BCUT2D eigenvalue weighted by atomic mass is 10.2. The van der Waals surface area contributed by atoms with Gasteiger partial charge in [0.2, 0.25) is 0 Å². The van der Waals surface area contributed by atoms with Crippen LogP contribution in [0.1, 0.15) is 11.3 Å². The average Bonchev–Trinajstić information content (AvgIpc) is 2.45. The molecule has 0 saturated carbocycles. The summed E-state index contributed by atoms with van der Waals surface area (Å²) in [6.07, 6.45) is 4.06. The van der Waals surface area contributed by atoms with Crippen LogP contribution in [0.25, 0.3) is 6.08 Å². The highest BCUT2D eigenvalue weighted by atomic mass is 16.5. The van der Waals surface area contributed by atoms with Crippen molar-refractivity contribution in [3.63, 3.8) is 0 Å². The first-order chi connectivity index (χ1) is 9.24. The second-order valence-electron chi connectivity index (χ2n) is 3.86. The number of aromatic nitrogens is 1. The average molecular weight is 255 g/mol. The molecule has 4 heteroatoms. The molecular weight excluding hydrogens is 242 g/mol. The Kier molecular flexibility index (Phi) is 4.29. The molecule has 0 atom stereocenters. The molecule has 4 nitrogen and oxygen atoms in total. The van der Waals surface area contributed by atoms with Crippen molar-refractivity contribution in [1.82, 2.24) is 4.98 Å². The topological polar surface area (TPSA) is 59.4 Å². The van der Waals surface area contributed by atoms with Crippen LogP contribution in [0.15, 0.2) is 54.7 Å². The zero-order valence-corrected chi connectivity index (χ0v) is 10.2. The zero-order valence-electron chi connectivity index (χ0n) is 10.2. The molecule has 0 aliphatic carbocycles. The lowest BCUT2D eigenvalue weighted by molar-refractivity contribution is -0.131. The Balaban J connectivity index is 1.94. The lowest BCUT2D eigenvalue weighted by Crippen LogP contribution is -1.95. The Bertz CT molecular complexity index is 562. The van der Waals surface area contributed by atoms with Gasteiger partial charge >= 0.3 is 5.97 Å². The molecule has 0 unspecified atom stereocenters. The third-order valence-corrected chi connectivity index (χ3v) is 2.40.